The van der Waals surface area contributed by atoms with E-state index in [-0.39, 0.29) is 11.1 Å². The van der Waals surface area contributed by atoms with E-state index in [2.05, 4.69) is 9.98 Å². The maximum atomic E-state index is 14.3. The van der Waals surface area contributed by atoms with Crippen LogP contribution >= 0.6 is 11.6 Å². The number of aliphatic imine (C=N–C) groups is 1. The first kappa shape index (κ1) is 15.9. The first-order valence-corrected chi connectivity index (χ1v) is 7.32. The van der Waals surface area contributed by atoms with Gasteiger partial charge in [0.15, 0.2) is 16.9 Å². The van der Waals surface area contributed by atoms with E-state index < -0.39 is 11.7 Å². The molecule has 0 aliphatic carbocycles. The Balaban J connectivity index is 2.24. The van der Waals surface area contributed by atoms with Gasteiger partial charge < -0.3 is 11.5 Å². The van der Waals surface area contributed by atoms with Gasteiger partial charge in [0.05, 0.1) is 0 Å². The van der Waals surface area contributed by atoms with Crippen molar-refractivity contribution in [2.24, 2.45) is 16.5 Å². The Morgan fingerprint density at radius 3 is 2.67 bits per heavy atom. The van der Waals surface area contributed by atoms with Gasteiger partial charge in [0.25, 0.3) is 5.91 Å². The molecule has 120 valence electrons. The Morgan fingerprint density at radius 1 is 1.12 bits per heavy atom. The molecule has 5 nitrogen and oxygen atoms in total. The molecule has 4 N–H and O–H groups in total. The number of hydrogen-bond acceptors (Lipinski definition) is 2. The molecule has 1 heterocycles. The van der Waals surface area contributed by atoms with Crippen molar-refractivity contribution in [3.8, 4) is 11.1 Å². The number of aromatic nitrogens is 1. The third-order valence-electron chi connectivity index (χ3n) is 3.50. The van der Waals surface area contributed by atoms with Crippen LogP contribution < -0.4 is 11.5 Å². The monoisotopic (exact) mass is 342 g/mol. The van der Waals surface area contributed by atoms with Gasteiger partial charge in [0, 0.05) is 17.3 Å². The number of carbonyl (C=O) groups excluding carboxylic acids is 1. The summed E-state index contributed by atoms with van der Waals surface area (Å²) in [7, 11) is 0. The van der Waals surface area contributed by atoms with Crippen LogP contribution in [0.2, 0.25) is 5.15 Å². The number of halogens is 2. The number of guanidine groups is 1. The average molecular weight is 343 g/mol. The number of rotatable bonds is 2. The van der Waals surface area contributed by atoms with E-state index in [1.165, 1.54) is 12.3 Å². The highest BCUT2D eigenvalue weighted by atomic mass is 35.5. The van der Waals surface area contributed by atoms with Gasteiger partial charge >= 0.3 is 0 Å². The summed E-state index contributed by atoms with van der Waals surface area (Å²) in [5.74, 6) is -1.51. The Morgan fingerprint density at radius 2 is 1.92 bits per heavy atom. The Bertz CT molecular complexity index is 983. The molecule has 2 aromatic carbocycles. The fourth-order valence-electron chi connectivity index (χ4n) is 2.45. The molecule has 3 rings (SSSR count). The standard InChI is InChI=1S/C17H12ClFN4O/c18-15-14(19)12(6-7-22-15)11-3-1-2-9-4-5-10(8-13(9)11)16(24)23-17(20)21/h1-8H,(H4,20,21,23,24). The number of nitrogens with zero attached hydrogens (tertiary/aromatic N) is 2. The second kappa shape index (κ2) is 6.25. The lowest BCUT2D eigenvalue weighted by atomic mass is 9.97. The predicted octanol–water partition coefficient (Wildman–Crippen LogP) is 3.11. The number of nitrogens with two attached hydrogens (primary N) is 2. The molecule has 0 bridgehead atoms. The molecule has 0 aliphatic rings. The topological polar surface area (TPSA) is 94.4 Å². The van der Waals surface area contributed by atoms with Crippen LogP contribution in [0, 0.1) is 5.82 Å². The van der Waals surface area contributed by atoms with Gasteiger partial charge in [-0.1, -0.05) is 35.9 Å². The van der Waals surface area contributed by atoms with Crippen molar-refractivity contribution >= 4 is 34.2 Å². The molecule has 0 spiro atoms. The molecule has 0 aliphatic heterocycles. The highest BCUT2D eigenvalue weighted by molar-refractivity contribution is 6.29. The van der Waals surface area contributed by atoms with Gasteiger partial charge in [-0.05, 0) is 34.5 Å². The van der Waals surface area contributed by atoms with Crippen molar-refractivity contribution in [3.05, 3.63) is 65.2 Å². The number of pyridine rings is 1. The largest absolute Gasteiger partial charge is 0.370 e. The van der Waals surface area contributed by atoms with Crippen LogP contribution in [0.4, 0.5) is 4.39 Å². The van der Waals surface area contributed by atoms with Crippen LogP contribution in [0.1, 0.15) is 10.4 Å². The molecule has 24 heavy (non-hydrogen) atoms. The van der Waals surface area contributed by atoms with Crippen LogP contribution in [-0.2, 0) is 0 Å². The summed E-state index contributed by atoms with van der Waals surface area (Å²) in [5.41, 5.74) is 11.7. The third kappa shape index (κ3) is 2.91. The van der Waals surface area contributed by atoms with Gasteiger partial charge in [-0.15, -0.1) is 0 Å². The van der Waals surface area contributed by atoms with E-state index in [0.717, 1.165) is 5.39 Å². The molecule has 0 saturated carbocycles. The SMILES string of the molecule is NC(N)=NC(=O)c1ccc2cccc(-c3ccnc(Cl)c3F)c2c1. The lowest BCUT2D eigenvalue weighted by molar-refractivity contribution is 0.100. The van der Waals surface area contributed by atoms with Crippen molar-refractivity contribution in [1.82, 2.24) is 4.98 Å². The molecule has 0 fully saturated rings. The summed E-state index contributed by atoms with van der Waals surface area (Å²) in [6, 6.07) is 11.9. The molecule has 0 radical (unpaired) electrons. The first-order valence-electron chi connectivity index (χ1n) is 6.94. The van der Waals surface area contributed by atoms with E-state index in [1.54, 1.807) is 30.3 Å². The van der Waals surface area contributed by atoms with Crippen LogP contribution in [0.15, 0.2) is 53.7 Å². The zero-order valence-electron chi connectivity index (χ0n) is 12.3. The van der Waals surface area contributed by atoms with E-state index >= 15 is 0 Å². The molecule has 0 unspecified atom stereocenters. The highest BCUT2D eigenvalue weighted by Gasteiger charge is 2.14. The van der Waals surface area contributed by atoms with Gasteiger partial charge in [-0.25, -0.2) is 9.37 Å². The lowest BCUT2D eigenvalue weighted by Gasteiger charge is -2.09. The maximum Gasteiger partial charge on any atom is 0.280 e. The van der Waals surface area contributed by atoms with Crippen LogP contribution in [0.3, 0.4) is 0 Å². The Labute approximate surface area is 141 Å². The molecule has 1 amide bonds. The van der Waals surface area contributed by atoms with Gasteiger partial charge in [0.1, 0.15) is 0 Å². The van der Waals surface area contributed by atoms with Gasteiger partial charge in [0.2, 0.25) is 0 Å². The number of benzene rings is 2. The molecule has 7 heteroatoms. The summed E-state index contributed by atoms with van der Waals surface area (Å²) in [6.45, 7) is 0. The Hall–Kier alpha value is -2.99. The van der Waals surface area contributed by atoms with Crippen LogP contribution in [0.25, 0.3) is 21.9 Å². The summed E-state index contributed by atoms with van der Waals surface area (Å²) >= 11 is 5.77. The second-order valence-electron chi connectivity index (χ2n) is 5.05. The summed E-state index contributed by atoms with van der Waals surface area (Å²) < 4.78 is 14.3. The molecule has 0 saturated heterocycles. The minimum atomic E-state index is -0.618. The molecule has 3 aromatic rings. The number of fused-ring (bicyclic) bond motifs is 1. The molecule has 1 aromatic heterocycles. The molecular weight excluding hydrogens is 331 g/mol. The molecular formula is C17H12ClFN4O. The summed E-state index contributed by atoms with van der Waals surface area (Å²) in [5, 5.41) is 1.30. The quantitative estimate of drug-likeness (QED) is 0.425. The van der Waals surface area contributed by atoms with E-state index in [9.17, 15) is 9.18 Å². The highest BCUT2D eigenvalue weighted by Crippen LogP contribution is 2.32. The second-order valence-corrected chi connectivity index (χ2v) is 5.40. The zero-order valence-corrected chi connectivity index (χ0v) is 13.1. The Kier molecular flexibility index (Phi) is 4.14. The number of carbonyl (C=O) groups is 1. The van der Waals surface area contributed by atoms with E-state index in [1.807, 2.05) is 6.07 Å². The maximum absolute atomic E-state index is 14.3. The average Bonchev–Trinajstić information content (AvgIpc) is 2.56. The van der Waals surface area contributed by atoms with E-state index in [0.29, 0.717) is 22.1 Å². The third-order valence-corrected chi connectivity index (χ3v) is 3.76. The fraction of sp³-hybridized carbons (Fsp3) is 0. The van der Waals surface area contributed by atoms with Crippen molar-refractivity contribution in [3.63, 3.8) is 0 Å². The van der Waals surface area contributed by atoms with Gasteiger partial charge in [-0.2, -0.15) is 4.99 Å². The van der Waals surface area contributed by atoms with Crippen molar-refractivity contribution < 1.29 is 9.18 Å². The lowest BCUT2D eigenvalue weighted by Crippen LogP contribution is -2.24. The van der Waals surface area contributed by atoms with E-state index in [4.69, 9.17) is 23.1 Å². The van der Waals surface area contributed by atoms with Crippen LogP contribution in [0.5, 0.6) is 0 Å². The smallest absolute Gasteiger partial charge is 0.280 e. The first-order chi connectivity index (χ1) is 11.5. The van der Waals surface area contributed by atoms with Crippen molar-refractivity contribution in [1.29, 1.82) is 0 Å². The summed E-state index contributed by atoms with van der Waals surface area (Å²) in [4.78, 5) is 19.2. The number of amides is 1. The number of hydrogen-bond donors (Lipinski definition) is 2. The minimum Gasteiger partial charge on any atom is -0.370 e. The molecule has 0 atom stereocenters. The summed E-state index contributed by atoms with van der Waals surface area (Å²) in [6.07, 6.45) is 1.42. The predicted molar refractivity (Wildman–Crippen MR) is 92.3 cm³/mol. The minimum absolute atomic E-state index is 0.211. The van der Waals surface area contributed by atoms with Crippen molar-refractivity contribution in [2.75, 3.05) is 0 Å². The van der Waals surface area contributed by atoms with Gasteiger partial charge in [-0.3, -0.25) is 4.79 Å². The zero-order chi connectivity index (χ0) is 17.3. The fourth-order valence-corrected chi connectivity index (χ4v) is 2.61. The van der Waals surface area contributed by atoms with Crippen LogP contribution in [-0.4, -0.2) is 16.9 Å². The van der Waals surface area contributed by atoms with Crippen molar-refractivity contribution in [2.45, 2.75) is 0 Å². The normalized spacial score (nSPS) is 10.6.